The molecule has 0 bridgehead atoms. The summed E-state index contributed by atoms with van der Waals surface area (Å²) in [7, 11) is 0. The molecule has 0 unspecified atom stereocenters. The third-order valence-corrected chi connectivity index (χ3v) is 6.27. The Morgan fingerprint density at radius 3 is 2.92 bits per heavy atom. The first-order valence-electron chi connectivity index (χ1n) is 9.73. The number of carbonyl (C=O) groups is 1. The van der Waals surface area contributed by atoms with Crippen LogP contribution in [0.25, 0.3) is 0 Å². The Bertz CT molecular complexity index is 588. The molecule has 5 heteroatoms. The monoisotopic (exact) mass is 343 g/mol. The van der Waals surface area contributed by atoms with Gasteiger partial charge in [0.2, 0.25) is 5.91 Å². The predicted molar refractivity (Wildman–Crippen MR) is 96.2 cm³/mol. The summed E-state index contributed by atoms with van der Waals surface area (Å²) >= 11 is 0. The molecule has 0 N–H and O–H groups in total. The summed E-state index contributed by atoms with van der Waals surface area (Å²) in [6.45, 7) is 6.02. The number of carbonyl (C=O) groups excluding carboxylic acids is 1. The lowest BCUT2D eigenvalue weighted by atomic mass is 9.79. The molecule has 1 spiro atoms. The van der Waals surface area contributed by atoms with Crippen LogP contribution in [0.4, 0.5) is 0 Å². The van der Waals surface area contributed by atoms with Gasteiger partial charge in [0.25, 0.3) is 0 Å². The van der Waals surface area contributed by atoms with Crippen molar-refractivity contribution in [3.05, 3.63) is 30.1 Å². The van der Waals surface area contributed by atoms with Crippen molar-refractivity contribution >= 4 is 5.91 Å². The highest BCUT2D eigenvalue weighted by molar-refractivity contribution is 5.78. The molecule has 4 heterocycles. The largest absolute Gasteiger partial charge is 0.381 e. The lowest BCUT2D eigenvalue weighted by Crippen LogP contribution is -2.48. The molecule has 1 aromatic heterocycles. The molecule has 136 valence electrons. The van der Waals surface area contributed by atoms with Crippen molar-refractivity contribution in [2.45, 2.75) is 44.6 Å². The molecule has 0 aromatic carbocycles. The first-order chi connectivity index (χ1) is 12.2. The van der Waals surface area contributed by atoms with Gasteiger partial charge in [-0.05, 0) is 50.3 Å². The van der Waals surface area contributed by atoms with Crippen LogP contribution in [0.5, 0.6) is 0 Å². The lowest BCUT2D eigenvalue weighted by molar-refractivity contribution is -0.133. The van der Waals surface area contributed by atoms with Gasteiger partial charge in [-0.3, -0.25) is 14.7 Å². The predicted octanol–water partition coefficient (Wildman–Crippen LogP) is 2.12. The number of piperidine rings is 1. The first kappa shape index (κ1) is 17.0. The minimum atomic E-state index is 0.261. The summed E-state index contributed by atoms with van der Waals surface area (Å²) in [5.74, 6) is 0.261. The molecule has 3 saturated heterocycles. The maximum atomic E-state index is 12.8. The lowest BCUT2D eigenvalue weighted by Gasteiger charge is -2.41. The van der Waals surface area contributed by atoms with Gasteiger partial charge in [0.15, 0.2) is 0 Å². The van der Waals surface area contributed by atoms with E-state index in [2.05, 4.69) is 14.8 Å². The van der Waals surface area contributed by atoms with Gasteiger partial charge in [0.05, 0.1) is 6.42 Å². The van der Waals surface area contributed by atoms with Gasteiger partial charge in [-0.15, -0.1) is 0 Å². The van der Waals surface area contributed by atoms with Crippen molar-refractivity contribution in [1.29, 1.82) is 0 Å². The van der Waals surface area contributed by atoms with E-state index in [1.807, 2.05) is 12.1 Å². The minimum absolute atomic E-state index is 0.261. The number of hydrogen-bond donors (Lipinski definition) is 0. The Kier molecular flexibility index (Phi) is 5.04. The zero-order valence-electron chi connectivity index (χ0n) is 15.0. The van der Waals surface area contributed by atoms with Crippen LogP contribution in [-0.2, 0) is 16.0 Å². The highest BCUT2D eigenvalue weighted by Gasteiger charge is 2.44. The van der Waals surface area contributed by atoms with Gasteiger partial charge in [-0.2, -0.15) is 0 Å². The number of likely N-dealkylation sites (tertiary alicyclic amines) is 2. The fourth-order valence-electron chi connectivity index (χ4n) is 4.87. The molecule has 25 heavy (non-hydrogen) atoms. The maximum absolute atomic E-state index is 12.8. The summed E-state index contributed by atoms with van der Waals surface area (Å²) < 4.78 is 5.52. The van der Waals surface area contributed by atoms with Gasteiger partial charge in [-0.25, -0.2) is 0 Å². The highest BCUT2D eigenvalue weighted by Crippen LogP contribution is 2.40. The average Bonchev–Trinajstić information content (AvgIpc) is 3.06. The molecule has 4 rings (SSSR count). The molecule has 5 nitrogen and oxygen atoms in total. The third-order valence-electron chi connectivity index (χ3n) is 6.27. The average molecular weight is 343 g/mol. The fourth-order valence-corrected chi connectivity index (χ4v) is 4.87. The molecular formula is C20H29N3O2. The van der Waals surface area contributed by atoms with Crippen molar-refractivity contribution in [3.8, 4) is 0 Å². The van der Waals surface area contributed by atoms with E-state index in [1.54, 1.807) is 12.4 Å². The number of rotatable bonds is 3. The summed E-state index contributed by atoms with van der Waals surface area (Å²) in [4.78, 5) is 21.7. The van der Waals surface area contributed by atoms with Crippen LogP contribution < -0.4 is 0 Å². The van der Waals surface area contributed by atoms with Crippen LogP contribution in [0, 0.1) is 5.41 Å². The van der Waals surface area contributed by atoms with Crippen molar-refractivity contribution in [1.82, 2.24) is 14.8 Å². The third kappa shape index (κ3) is 3.87. The van der Waals surface area contributed by atoms with Gasteiger partial charge >= 0.3 is 0 Å². The number of nitrogens with zero attached hydrogens (tertiary/aromatic N) is 3. The van der Waals surface area contributed by atoms with Crippen molar-refractivity contribution < 1.29 is 9.53 Å². The molecule has 1 amide bonds. The zero-order valence-corrected chi connectivity index (χ0v) is 15.0. The SMILES string of the molecule is O=C(Cc1cccnc1)N1CCC[C@]2(CCN(C3CCOCC3)C2)C1. The fraction of sp³-hybridized carbons (Fsp3) is 0.700. The van der Waals surface area contributed by atoms with E-state index in [1.165, 1.54) is 32.2 Å². The summed E-state index contributed by atoms with van der Waals surface area (Å²) in [6.07, 6.45) is 10.0. The van der Waals surface area contributed by atoms with Gasteiger partial charge < -0.3 is 9.64 Å². The van der Waals surface area contributed by atoms with E-state index in [0.717, 1.165) is 44.8 Å². The minimum Gasteiger partial charge on any atom is -0.381 e. The zero-order chi connectivity index (χ0) is 17.1. The summed E-state index contributed by atoms with van der Waals surface area (Å²) in [6, 6.07) is 4.59. The molecule has 3 fully saturated rings. The Morgan fingerprint density at radius 1 is 1.24 bits per heavy atom. The van der Waals surface area contributed by atoms with E-state index in [0.29, 0.717) is 17.9 Å². The van der Waals surface area contributed by atoms with E-state index in [9.17, 15) is 4.79 Å². The van der Waals surface area contributed by atoms with Gasteiger partial charge in [0.1, 0.15) is 0 Å². The van der Waals surface area contributed by atoms with Crippen LogP contribution in [0.2, 0.25) is 0 Å². The number of aromatic nitrogens is 1. The van der Waals surface area contributed by atoms with Gasteiger partial charge in [-0.1, -0.05) is 6.07 Å². The summed E-state index contributed by atoms with van der Waals surface area (Å²) in [5.41, 5.74) is 1.34. The molecule has 0 saturated carbocycles. The summed E-state index contributed by atoms with van der Waals surface area (Å²) in [5, 5.41) is 0. The number of ether oxygens (including phenoxy) is 1. The topological polar surface area (TPSA) is 45.7 Å². The van der Waals surface area contributed by atoms with Crippen molar-refractivity contribution in [3.63, 3.8) is 0 Å². The molecule has 1 atom stereocenters. The molecule has 3 aliphatic heterocycles. The van der Waals surface area contributed by atoms with Crippen LogP contribution >= 0.6 is 0 Å². The van der Waals surface area contributed by atoms with Crippen LogP contribution in [0.3, 0.4) is 0 Å². The molecular weight excluding hydrogens is 314 g/mol. The van der Waals surface area contributed by atoms with Crippen LogP contribution in [-0.4, -0.2) is 66.1 Å². The second-order valence-electron chi connectivity index (χ2n) is 8.02. The Hall–Kier alpha value is -1.46. The normalized spacial score (nSPS) is 28.6. The Labute approximate surface area is 150 Å². The van der Waals surface area contributed by atoms with E-state index < -0.39 is 0 Å². The highest BCUT2D eigenvalue weighted by atomic mass is 16.5. The molecule has 0 radical (unpaired) electrons. The second kappa shape index (κ2) is 7.42. The second-order valence-corrected chi connectivity index (χ2v) is 8.02. The molecule has 3 aliphatic rings. The van der Waals surface area contributed by atoms with Crippen molar-refractivity contribution in [2.24, 2.45) is 5.41 Å². The number of hydrogen-bond acceptors (Lipinski definition) is 4. The van der Waals surface area contributed by atoms with Crippen LogP contribution in [0.1, 0.15) is 37.7 Å². The number of pyridine rings is 1. The van der Waals surface area contributed by atoms with E-state index >= 15 is 0 Å². The number of amides is 1. The maximum Gasteiger partial charge on any atom is 0.227 e. The standard InChI is InChI=1S/C20H29N3O2/c24-19(13-17-3-1-8-21-14-17)23-9-2-6-20(16-23)7-10-22(15-20)18-4-11-25-12-5-18/h1,3,8,14,18H,2,4-7,9-13,15-16H2/t20-/m1/s1. The molecule has 0 aliphatic carbocycles. The van der Waals surface area contributed by atoms with Crippen LogP contribution in [0.15, 0.2) is 24.5 Å². The van der Waals surface area contributed by atoms with Crippen molar-refractivity contribution in [2.75, 3.05) is 39.4 Å². The van der Waals surface area contributed by atoms with Gasteiger partial charge in [0, 0.05) is 56.7 Å². The quantitative estimate of drug-likeness (QED) is 0.843. The molecule has 1 aromatic rings. The smallest absolute Gasteiger partial charge is 0.227 e. The Balaban J connectivity index is 1.36. The van der Waals surface area contributed by atoms with E-state index in [4.69, 9.17) is 4.74 Å². The first-order valence-corrected chi connectivity index (χ1v) is 9.73. The Morgan fingerprint density at radius 2 is 2.12 bits per heavy atom. The van der Waals surface area contributed by atoms with E-state index in [-0.39, 0.29) is 5.91 Å².